The number of carbonyl (C=O) groups is 2. The molecule has 0 radical (unpaired) electrons. The van der Waals surface area contributed by atoms with Crippen LogP contribution in [0.5, 0.6) is 5.75 Å². The van der Waals surface area contributed by atoms with E-state index < -0.39 is 43.4 Å². The third-order valence-electron chi connectivity index (χ3n) is 12.4. The van der Waals surface area contributed by atoms with Gasteiger partial charge in [-0.1, -0.05) is 29.8 Å². The van der Waals surface area contributed by atoms with E-state index in [2.05, 4.69) is 20.6 Å². The second kappa shape index (κ2) is 14.6. The van der Waals surface area contributed by atoms with Gasteiger partial charge in [0.05, 0.1) is 35.4 Å². The number of aryl methyl sites for hydroxylation is 1. The number of hydrogen-bond acceptors (Lipinski definition) is 10. The molecule has 1 aliphatic carbocycles. The Morgan fingerprint density at radius 1 is 0.944 bits per heavy atom. The number of anilines is 1. The van der Waals surface area contributed by atoms with Crippen LogP contribution < -0.4 is 14.4 Å². The maximum absolute atomic E-state index is 14.0. The Kier molecular flexibility index (Phi) is 10.2. The van der Waals surface area contributed by atoms with Crippen LogP contribution in [-0.2, 0) is 41.4 Å². The number of amides is 2. The zero-order valence-corrected chi connectivity index (χ0v) is 32.9. The summed E-state index contributed by atoms with van der Waals surface area (Å²) in [6.07, 6.45) is 9.80. The number of cyclic esters (lactones) is 1. The highest BCUT2D eigenvalue weighted by Gasteiger charge is 2.45. The van der Waals surface area contributed by atoms with E-state index in [0.717, 1.165) is 32.1 Å². The second-order valence-corrected chi connectivity index (χ2v) is 19.9. The van der Waals surface area contributed by atoms with E-state index in [1.807, 2.05) is 12.1 Å². The number of carbonyl (C=O) groups excluding carboxylic acids is 2. The molecule has 292 valence electrons. The zero-order valence-electron chi connectivity index (χ0n) is 30.5. The molecule has 2 unspecified atom stereocenters. The van der Waals surface area contributed by atoms with Gasteiger partial charge in [-0.3, -0.25) is 9.69 Å². The third kappa shape index (κ3) is 7.34. The molecule has 3 atom stereocenters. The second-order valence-electron chi connectivity index (χ2n) is 15.8. The average Bonchev–Trinajstić information content (AvgIpc) is 3.52. The summed E-state index contributed by atoms with van der Waals surface area (Å²) in [6.45, 7) is 3.90. The lowest BCUT2D eigenvalue weighted by Gasteiger charge is -2.48. The molecule has 3 saturated heterocycles. The smallest absolute Gasteiger partial charge is 0.410 e. The third-order valence-corrected chi connectivity index (χ3v) is 15.3. The van der Waals surface area contributed by atoms with Crippen LogP contribution in [0.15, 0.2) is 53.4 Å². The van der Waals surface area contributed by atoms with E-state index in [-0.39, 0.29) is 29.5 Å². The minimum absolute atomic E-state index is 0.0413. The summed E-state index contributed by atoms with van der Waals surface area (Å²) in [5.74, 6) is -1.08. The van der Waals surface area contributed by atoms with Crippen molar-refractivity contribution in [2.24, 2.45) is 11.8 Å². The summed E-state index contributed by atoms with van der Waals surface area (Å²) in [4.78, 5) is 33.6. The fourth-order valence-electron chi connectivity index (χ4n) is 9.52. The molecule has 1 N–H and O–H groups in total. The van der Waals surface area contributed by atoms with Crippen molar-refractivity contribution in [1.82, 2.24) is 18.8 Å². The Labute approximate surface area is 322 Å². The molecule has 6 aliphatic rings. The van der Waals surface area contributed by atoms with Crippen molar-refractivity contribution in [3.63, 3.8) is 0 Å². The minimum Gasteiger partial charge on any atom is -0.490 e. The van der Waals surface area contributed by atoms with Gasteiger partial charge in [0.15, 0.2) is 0 Å². The number of likely N-dealkylation sites (tertiary alicyclic amines) is 1. The van der Waals surface area contributed by atoms with Crippen LogP contribution in [0, 0.1) is 11.8 Å². The Balaban J connectivity index is 1.08. The molecule has 3 fully saturated rings. The van der Waals surface area contributed by atoms with Crippen LogP contribution in [0.25, 0.3) is 0 Å². The standard InChI is InChI=1S/C38H48ClN5O8S2/c1-53(47,48)43-16-12-29(13-17-43)41-21-27(22-41)32-7-4-18-51-37(46)44-15-3-6-30(44)23-42-24-38(14-2-5-26-19-28(39)8-10-33(26)38)25-52-35-11-9-31(20-34(35)42)54(49,50)40-36(32)45/h4,7-11,19-20,27,29-30,32H,2-3,5-6,12-18,21-25H2,1H3,(H,40,45)/b7-4+/t30?,32?,38-/m0/s1. The van der Waals surface area contributed by atoms with E-state index in [9.17, 15) is 26.4 Å². The summed E-state index contributed by atoms with van der Waals surface area (Å²) in [6, 6.07) is 10.8. The first-order valence-corrected chi connectivity index (χ1v) is 22.7. The van der Waals surface area contributed by atoms with Crippen molar-refractivity contribution in [3.8, 4) is 5.75 Å². The Morgan fingerprint density at radius 3 is 2.52 bits per heavy atom. The van der Waals surface area contributed by atoms with Gasteiger partial charge in [0.25, 0.3) is 10.0 Å². The van der Waals surface area contributed by atoms with Gasteiger partial charge in [0.1, 0.15) is 12.4 Å². The predicted octanol–water partition coefficient (Wildman–Crippen LogP) is 3.76. The van der Waals surface area contributed by atoms with Gasteiger partial charge in [0, 0.05) is 62.3 Å². The molecule has 0 saturated carbocycles. The lowest BCUT2D eigenvalue weighted by Crippen LogP contribution is -2.58. The van der Waals surface area contributed by atoms with Gasteiger partial charge in [0.2, 0.25) is 15.9 Å². The van der Waals surface area contributed by atoms with E-state index >= 15 is 0 Å². The topological polar surface area (TPSA) is 146 Å². The maximum Gasteiger partial charge on any atom is 0.410 e. The van der Waals surface area contributed by atoms with Gasteiger partial charge in [-0.25, -0.2) is 30.7 Å². The first-order valence-electron chi connectivity index (χ1n) is 19.0. The normalized spacial score (nSPS) is 29.3. The predicted molar refractivity (Wildman–Crippen MR) is 204 cm³/mol. The van der Waals surface area contributed by atoms with Crippen molar-refractivity contribution < 1.29 is 35.9 Å². The summed E-state index contributed by atoms with van der Waals surface area (Å²) in [5, 5.41) is 0.685. The highest BCUT2D eigenvalue weighted by atomic mass is 35.5. The fourth-order valence-corrected chi connectivity index (χ4v) is 11.6. The number of nitrogens with one attached hydrogen (secondary N) is 1. The quantitative estimate of drug-likeness (QED) is 0.456. The molecule has 54 heavy (non-hydrogen) atoms. The average molecular weight is 802 g/mol. The number of halogens is 1. The Morgan fingerprint density at radius 2 is 1.74 bits per heavy atom. The largest absolute Gasteiger partial charge is 0.490 e. The van der Waals surface area contributed by atoms with Crippen molar-refractivity contribution in [2.45, 2.75) is 67.3 Å². The maximum atomic E-state index is 14.0. The Hall–Kier alpha value is -3.37. The molecular formula is C38H48ClN5O8S2. The number of piperidine rings is 1. The van der Waals surface area contributed by atoms with E-state index in [1.54, 1.807) is 29.2 Å². The lowest BCUT2D eigenvalue weighted by molar-refractivity contribution is -0.126. The molecule has 13 nitrogen and oxygen atoms in total. The molecule has 16 heteroatoms. The number of hydrogen-bond donors (Lipinski definition) is 1. The van der Waals surface area contributed by atoms with Gasteiger partial charge >= 0.3 is 6.09 Å². The first kappa shape index (κ1) is 37.5. The van der Waals surface area contributed by atoms with Crippen LogP contribution in [-0.4, -0.2) is 120 Å². The number of ether oxygens (including phenoxy) is 2. The number of sulfonamides is 2. The lowest BCUT2D eigenvalue weighted by atomic mass is 9.70. The van der Waals surface area contributed by atoms with Crippen LogP contribution in [0.4, 0.5) is 10.5 Å². The highest BCUT2D eigenvalue weighted by Crippen LogP contribution is 2.45. The van der Waals surface area contributed by atoms with Crippen LogP contribution in [0.3, 0.4) is 0 Å². The molecule has 2 aromatic carbocycles. The van der Waals surface area contributed by atoms with Crippen molar-refractivity contribution in [1.29, 1.82) is 0 Å². The monoisotopic (exact) mass is 801 g/mol. The number of benzene rings is 2. The van der Waals surface area contributed by atoms with Crippen LogP contribution in [0.1, 0.15) is 49.7 Å². The van der Waals surface area contributed by atoms with Crippen molar-refractivity contribution in [2.75, 3.05) is 70.2 Å². The number of nitrogens with zero attached hydrogens (tertiary/aromatic N) is 4. The molecular weight excluding hydrogens is 754 g/mol. The van der Waals surface area contributed by atoms with Gasteiger partial charge in [-0.05, 0) is 92.3 Å². The molecule has 5 aliphatic heterocycles. The SMILES string of the molecule is CS(=O)(=O)N1CCC(N2CC(C3/C=C/COC(=O)N4CCCC4CN4C[C@@]5(CCCc6cc(Cl)ccc65)COc5ccc(cc54)S(=O)(=O)NC3=O)C2)CC1. The summed E-state index contributed by atoms with van der Waals surface area (Å²) in [7, 11) is -7.54. The number of fused-ring (bicyclic) bond motifs is 4. The van der Waals surface area contributed by atoms with Gasteiger partial charge in [-0.15, -0.1) is 0 Å². The molecule has 2 bridgehead atoms. The zero-order chi connectivity index (χ0) is 37.8. The molecule has 0 aromatic heterocycles. The summed E-state index contributed by atoms with van der Waals surface area (Å²) < 4.78 is 68.2. The first-order chi connectivity index (χ1) is 25.8. The van der Waals surface area contributed by atoms with Crippen LogP contribution >= 0.6 is 11.6 Å². The van der Waals surface area contributed by atoms with Crippen molar-refractivity contribution >= 4 is 49.3 Å². The summed E-state index contributed by atoms with van der Waals surface area (Å²) in [5.41, 5.74) is 2.56. The van der Waals surface area contributed by atoms with Crippen molar-refractivity contribution in [3.05, 3.63) is 64.7 Å². The van der Waals surface area contributed by atoms with Crippen LogP contribution in [0.2, 0.25) is 5.02 Å². The molecule has 1 spiro atoms. The van der Waals surface area contributed by atoms with Gasteiger partial charge < -0.3 is 19.3 Å². The summed E-state index contributed by atoms with van der Waals surface area (Å²) >= 11 is 6.42. The highest BCUT2D eigenvalue weighted by molar-refractivity contribution is 7.90. The number of rotatable bonds is 3. The van der Waals surface area contributed by atoms with E-state index in [1.165, 1.54) is 27.8 Å². The molecule has 8 rings (SSSR count). The molecule has 2 amide bonds. The minimum atomic E-state index is -4.29. The van der Waals surface area contributed by atoms with E-state index in [0.29, 0.717) is 81.7 Å². The Bertz CT molecular complexity index is 2050. The van der Waals surface area contributed by atoms with E-state index in [4.69, 9.17) is 21.1 Å². The fraction of sp³-hybridized carbons (Fsp3) is 0.579. The van der Waals surface area contributed by atoms with Gasteiger partial charge in [-0.2, -0.15) is 0 Å². The molecule has 5 heterocycles. The molecule has 2 aromatic rings.